The number of anilines is 1. The summed E-state index contributed by atoms with van der Waals surface area (Å²) >= 11 is 1.64. The Kier molecular flexibility index (Phi) is 5.01. The van der Waals surface area contributed by atoms with E-state index in [1.165, 1.54) is 0 Å². The standard InChI is InChI=1S/C15H17N3OS/c1-11(14-8-3-4-9-16-14)17-15(19)18-12-6-5-7-13(10-12)20-2/h3-11H,1-2H3,(H2,17,18,19)/t11-/m0/s1. The number of carbonyl (C=O) groups excluding carboxylic acids is 1. The first kappa shape index (κ1) is 14.4. The summed E-state index contributed by atoms with van der Waals surface area (Å²) in [5.74, 6) is 0. The van der Waals surface area contributed by atoms with Crippen molar-refractivity contribution in [2.45, 2.75) is 17.9 Å². The van der Waals surface area contributed by atoms with E-state index in [0.29, 0.717) is 0 Å². The topological polar surface area (TPSA) is 54.0 Å². The Labute approximate surface area is 123 Å². The van der Waals surface area contributed by atoms with E-state index in [-0.39, 0.29) is 12.1 Å². The number of nitrogens with zero attached hydrogens (tertiary/aromatic N) is 1. The molecule has 0 aliphatic carbocycles. The van der Waals surface area contributed by atoms with E-state index in [9.17, 15) is 4.79 Å². The second-order valence-corrected chi connectivity index (χ2v) is 5.19. The first-order valence-electron chi connectivity index (χ1n) is 6.31. The molecule has 0 spiro atoms. The zero-order chi connectivity index (χ0) is 14.4. The molecule has 2 amide bonds. The van der Waals surface area contributed by atoms with Crippen LogP contribution in [0.5, 0.6) is 0 Å². The van der Waals surface area contributed by atoms with Gasteiger partial charge in [0.2, 0.25) is 0 Å². The Balaban J connectivity index is 1.95. The number of hydrogen-bond donors (Lipinski definition) is 2. The molecule has 0 aliphatic rings. The highest BCUT2D eigenvalue weighted by atomic mass is 32.2. The molecule has 0 saturated heterocycles. The summed E-state index contributed by atoms with van der Waals surface area (Å²) in [6.07, 6.45) is 3.72. The average Bonchev–Trinajstić information content (AvgIpc) is 2.48. The zero-order valence-electron chi connectivity index (χ0n) is 11.5. The van der Waals surface area contributed by atoms with Crippen LogP contribution < -0.4 is 10.6 Å². The third-order valence-electron chi connectivity index (χ3n) is 2.81. The fraction of sp³-hybridized carbons (Fsp3) is 0.200. The molecule has 1 heterocycles. The fourth-order valence-corrected chi connectivity index (χ4v) is 2.23. The molecule has 0 fully saturated rings. The lowest BCUT2D eigenvalue weighted by molar-refractivity contribution is 0.249. The van der Waals surface area contributed by atoms with E-state index in [2.05, 4.69) is 15.6 Å². The lowest BCUT2D eigenvalue weighted by Gasteiger charge is -2.14. The van der Waals surface area contributed by atoms with E-state index in [1.807, 2.05) is 55.6 Å². The van der Waals surface area contributed by atoms with Crippen molar-refractivity contribution in [1.82, 2.24) is 10.3 Å². The first-order chi connectivity index (χ1) is 9.69. The van der Waals surface area contributed by atoms with Gasteiger partial charge in [-0.2, -0.15) is 0 Å². The maximum Gasteiger partial charge on any atom is 0.319 e. The van der Waals surface area contributed by atoms with Crippen LogP contribution in [0.15, 0.2) is 53.6 Å². The Morgan fingerprint density at radius 3 is 2.80 bits per heavy atom. The molecule has 4 nitrogen and oxygen atoms in total. The van der Waals surface area contributed by atoms with Crippen LogP contribution in [-0.2, 0) is 0 Å². The van der Waals surface area contributed by atoms with Crippen LogP contribution in [0.2, 0.25) is 0 Å². The van der Waals surface area contributed by atoms with Crippen LogP contribution in [0.3, 0.4) is 0 Å². The molecule has 20 heavy (non-hydrogen) atoms. The quantitative estimate of drug-likeness (QED) is 0.843. The number of benzene rings is 1. The Morgan fingerprint density at radius 1 is 1.25 bits per heavy atom. The van der Waals surface area contributed by atoms with Crippen LogP contribution in [0.1, 0.15) is 18.7 Å². The van der Waals surface area contributed by atoms with Gasteiger partial charge in [-0.15, -0.1) is 11.8 Å². The molecule has 0 bridgehead atoms. The van der Waals surface area contributed by atoms with Crippen LogP contribution in [0.4, 0.5) is 10.5 Å². The lowest BCUT2D eigenvalue weighted by atomic mass is 10.2. The van der Waals surface area contributed by atoms with Gasteiger partial charge in [0.05, 0.1) is 11.7 Å². The predicted molar refractivity (Wildman–Crippen MR) is 83.0 cm³/mol. The number of aromatic nitrogens is 1. The Hall–Kier alpha value is -2.01. The van der Waals surface area contributed by atoms with E-state index < -0.39 is 0 Å². The van der Waals surface area contributed by atoms with Crippen LogP contribution >= 0.6 is 11.8 Å². The largest absolute Gasteiger partial charge is 0.330 e. The molecule has 0 saturated carbocycles. The van der Waals surface area contributed by atoms with Crippen LogP contribution in [0.25, 0.3) is 0 Å². The Bertz CT molecular complexity index is 574. The number of amides is 2. The fourth-order valence-electron chi connectivity index (χ4n) is 1.77. The van der Waals surface area contributed by atoms with Gasteiger partial charge in [0.25, 0.3) is 0 Å². The van der Waals surface area contributed by atoms with Gasteiger partial charge in [-0.3, -0.25) is 4.98 Å². The number of rotatable bonds is 4. The van der Waals surface area contributed by atoms with Crippen LogP contribution in [0, 0.1) is 0 Å². The molecule has 104 valence electrons. The lowest BCUT2D eigenvalue weighted by Crippen LogP contribution is -2.31. The molecule has 1 aromatic heterocycles. The number of carbonyl (C=O) groups is 1. The third-order valence-corrected chi connectivity index (χ3v) is 3.53. The molecule has 0 aliphatic heterocycles. The highest BCUT2D eigenvalue weighted by molar-refractivity contribution is 7.98. The SMILES string of the molecule is CSc1cccc(NC(=O)N[C@@H](C)c2ccccn2)c1. The third kappa shape index (κ3) is 3.99. The van der Waals surface area contributed by atoms with Crippen molar-refractivity contribution in [3.63, 3.8) is 0 Å². The summed E-state index contributed by atoms with van der Waals surface area (Å²) in [5.41, 5.74) is 1.61. The summed E-state index contributed by atoms with van der Waals surface area (Å²) in [5, 5.41) is 5.69. The molecule has 2 aromatic rings. The van der Waals surface area contributed by atoms with Gasteiger partial charge in [-0.1, -0.05) is 12.1 Å². The molecule has 2 N–H and O–H groups in total. The molecule has 2 rings (SSSR count). The molecule has 1 aromatic carbocycles. The summed E-state index contributed by atoms with van der Waals surface area (Å²) in [6, 6.07) is 13.0. The van der Waals surface area contributed by atoms with Gasteiger partial charge in [-0.25, -0.2) is 4.79 Å². The van der Waals surface area contributed by atoms with Crippen molar-refractivity contribution < 1.29 is 4.79 Å². The summed E-state index contributed by atoms with van der Waals surface area (Å²) < 4.78 is 0. The number of thioether (sulfide) groups is 1. The summed E-state index contributed by atoms with van der Waals surface area (Å²) in [4.78, 5) is 17.3. The van der Waals surface area contributed by atoms with Gasteiger partial charge < -0.3 is 10.6 Å². The van der Waals surface area contributed by atoms with Gasteiger partial charge in [0.15, 0.2) is 0 Å². The van der Waals surface area contributed by atoms with E-state index in [0.717, 1.165) is 16.3 Å². The smallest absolute Gasteiger partial charge is 0.319 e. The number of nitrogens with one attached hydrogen (secondary N) is 2. The van der Waals surface area contributed by atoms with Gasteiger partial charge in [0, 0.05) is 16.8 Å². The van der Waals surface area contributed by atoms with Crippen molar-refractivity contribution in [2.75, 3.05) is 11.6 Å². The second kappa shape index (κ2) is 6.96. The molecular weight excluding hydrogens is 270 g/mol. The van der Waals surface area contributed by atoms with Crippen molar-refractivity contribution in [1.29, 1.82) is 0 Å². The maximum atomic E-state index is 11.9. The summed E-state index contributed by atoms with van der Waals surface area (Å²) in [6.45, 7) is 1.90. The van der Waals surface area contributed by atoms with Crippen molar-refractivity contribution in [3.05, 3.63) is 54.4 Å². The molecule has 1 atom stereocenters. The molecule has 0 unspecified atom stereocenters. The van der Waals surface area contributed by atoms with Crippen molar-refractivity contribution >= 4 is 23.5 Å². The first-order valence-corrected chi connectivity index (χ1v) is 7.54. The minimum Gasteiger partial charge on any atom is -0.330 e. The highest BCUT2D eigenvalue weighted by Gasteiger charge is 2.10. The molecular formula is C15H17N3OS. The second-order valence-electron chi connectivity index (χ2n) is 4.31. The van der Waals surface area contributed by atoms with E-state index in [1.54, 1.807) is 18.0 Å². The van der Waals surface area contributed by atoms with Gasteiger partial charge >= 0.3 is 6.03 Å². The monoisotopic (exact) mass is 287 g/mol. The normalized spacial score (nSPS) is 11.7. The minimum atomic E-state index is -0.235. The Morgan fingerprint density at radius 2 is 2.10 bits per heavy atom. The zero-order valence-corrected chi connectivity index (χ0v) is 12.3. The van der Waals surface area contributed by atoms with E-state index >= 15 is 0 Å². The predicted octanol–water partition coefficient (Wildman–Crippen LogP) is 3.69. The van der Waals surface area contributed by atoms with Crippen molar-refractivity contribution in [3.8, 4) is 0 Å². The van der Waals surface area contributed by atoms with Gasteiger partial charge in [-0.05, 0) is 43.5 Å². The summed E-state index contributed by atoms with van der Waals surface area (Å²) in [7, 11) is 0. The maximum absolute atomic E-state index is 11.9. The van der Waals surface area contributed by atoms with E-state index in [4.69, 9.17) is 0 Å². The van der Waals surface area contributed by atoms with Crippen molar-refractivity contribution in [2.24, 2.45) is 0 Å². The van der Waals surface area contributed by atoms with Gasteiger partial charge in [0.1, 0.15) is 0 Å². The number of hydrogen-bond acceptors (Lipinski definition) is 3. The number of urea groups is 1. The number of pyridine rings is 1. The average molecular weight is 287 g/mol. The molecule has 5 heteroatoms. The highest BCUT2D eigenvalue weighted by Crippen LogP contribution is 2.19. The minimum absolute atomic E-state index is 0.139. The molecule has 0 radical (unpaired) electrons. The van der Waals surface area contributed by atoms with Crippen LogP contribution in [-0.4, -0.2) is 17.3 Å².